The molecule has 0 aromatic heterocycles. The third-order valence-electron chi connectivity index (χ3n) is 5.16. The highest BCUT2D eigenvalue weighted by molar-refractivity contribution is 5.28. The van der Waals surface area contributed by atoms with Gasteiger partial charge in [0.15, 0.2) is 12.6 Å². The lowest BCUT2D eigenvalue weighted by Gasteiger charge is -2.32. The van der Waals surface area contributed by atoms with E-state index in [1.54, 1.807) is 12.1 Å². The maximum atomic E-state index is 12.2. The van der Waals surface area contributed by atoms with E-state index in [-0.39, 0.29) is 12.0 Å². The zero-order valence-corrected chi connectivity index (χ0v) is 16.4. The van der Waals surface area contributed by atoms with Crippen molar-refractivity contribution in [3.63, 3.8) is 0 Å². The second-order valence-electron chi connectivity index (χ2n) is 7.49. The van der Waals surface area contributed by atoms with Crippen LogP contribution in [0.4, 0.5) is 8.78 Å². The molecule has 0 N–H and O–H groups in total. The molecule has 0 bridgehead atoms. The lowest BCUT2D eigenvalue weighted by molar-refractivity contribution is -0.220. The Balaban J connectivity index is 1.33. The fourth-order valence-electron chi connectivity index (χ4n) is 3.49. The molecule has 7 heteroatoms. The number of halogens is 2. The Hall–Kier alpha value is -1.28. The molecule has 2 saturated heterocycles. The molecule has 5 nitrogen and oxygen atoms in total. The van der Waals surface area contributed by atoms with Crippen molar-refractivity contribution in [3.8, 4) is 5.75 Å². The second-order valence-corrected chi connectivity index (χ2v) is 7.49. The van der Waals surface area contributed by atoms with E-state index in [0.29, 0.717) is 25.0 Å². The van der Waals surface area contributed by atoms with E-state index in [1.165, 1.54) is 31.4 Å². The van der Waals surface area contributed by atoms with Crippen LogP contribution in [0.3, 0.4) is 0 Å². The van der Waals surface area contributed by atoms with Crippen LogP contribution in [-0.4, -0.2) is 39.3 Å². The van der Waals surface area contributed by atoms with Gasteiger partial charge in [0.2, 0.25) is 0 Å². The quantitative estimate of drug-likeness (QED) is 0.589. The number of rotatable bonds is 9. The lowest BCUT2D eigenvalue weighted by Crippen LogP contribution is -2.33. The number of hydrogen-bond donors (Lipinski definition) is 0. The zero-order chi connectivity index (χ0) is 19.8. The van der Waals surface area contributed by atoms with Gasteiger partial charge in [-0.2, -0.15) is 8.78 Å². The molecule has 0 spiro atoms. The number of benzene rings is 1. The van der Waals surface area contributed by atoms with Gasteiger partial charge in [-0.05, 0) is 31.4 Å². The largest absolute Gasteiger partial charge is 0.435 e. The van der Waals surface area contributed by atoms with Crippen LogP contribution in [0.25, 0.3) is 0 Å². The fourth-order valence-corrected chi connectivity index (χ4v) is 3.49. The van der Waals surface area contributed by atoms with E-state index in [2.05, 4.69) is 11.7 Å². The minimum absolute atomic E-state index is 0.122. The first-order valence-corrected chi connectivity index (χ1v) is 10.1. The smallest absolute Gasteiger partial charge is 0.387 e. The minimum Gasteiger partial charge on any atom is -0.435 e. The zero-order valence-electron chi connectivity index (χ0n) is 16.4. The van der Waals surface area contributed by atoms with Gasteiger partial charge in [-0.1, -0.05) is 31.9 Å². The summed E-state index contributed by atoms with van der Waals surface area (Å²) in [7, 11) is 0. The maximum absolute atomic E-state index is 12.2. The first-order valence-electron chi connectivity index (χ1n) is 10.1. The third kappa shape index (κ3) is 6.65. The molecule has 28 heavy (non-hydrogen) atoms. The van der Waals surface area contributed by atoms with Gasteiger partial charge in [-0.3, -0.25) is 0 Å². The number of ether oxygens (including phenoxy) is 5. The van der Waals surface area contributed by atoms with Crippen LogP contribution in [0.2, 0.25) is 0 Å². The Morgan fingerprint density at radius 3 is 2.11 bits per heavy atom. The maximum Gasteiger partial charge on any atom is 0.387 e. The van der Waals surface area contributed by atoms with E-state index in [4.69, 9.17) is 18.9 Å². The summed E-state index contributed by atoms with van der Waals surface area (Å²) in [4.78, 5) is 0. The van der Waals surface area contributed by atoms with Gasteiger partial charge in [0.1, 0.15) is 5.75 Å². The van der Waals surface area contributed by atoms with E-state index in [0.717, 1.165) is 31.6 Å². The van der Waals surface area contributed by atoms with Crippen LogP contribution in [0, 0.1) is 11.8 Å². The van der Waals surface area contributed by atoms with Crippen molar-refractivity contribution >= 4 is 0 Å². The molecule has 0 amide bonds. The molecule has 2 fully saturated rings. The molecule has 0 aliphatic carbocycles. The second kappa shape index (κ2) is 11.0. The SMILES string of the molecule is CCCCC1COC(CCC2COC(c3ccc(OC(F)F)cc3)OC2)OC1. The predicted octanol–water partition coefficient (Wildman–Crippen LogP) is 4.91. The summed E-state index contributed by atoms with van der Waals surface area (Å²) in [5, 5.41) is 0. The molecule has 0 radical (unpaired) electrons. The van der Waals surface area contributed by atoms with Crippen LogP contribution < -0.4 is 4.74 Å². The van der Waals surface area contributed by atoms with E-state index in [1.807, 2.05) is 0 Å². The normalized spacial score (nSPS) is 28.4. The van der Waals surface area contributed by atoms with Crippen LogP contribution in [0.5, 0.6) is 5.75 Å². The van der Waals surface area contributed by atoms with Crippen molar-refractivity contribution in [1.82, 2.24) is 0 Å². The van der Waals surface area contributed by atoms with Crippen molar-refractivity contribution in [3.05, 3.63) is 29.8 Å². The Labute approximate surface area is 165 Å². The van der Waals surface area contributed by atoms with E-state index < -0.39 is 12.9 Å². The minimum atomic E-state index is -2.83. The first kappa shape index (κ1) is 21.4. The molecule has 0 atom stereocenters. The predicted molar refractivity (Wildman–Crippen MR) is 99.2 cm³/mol. The van der Waals surface area contributed by atoms with Gasteiger partial charge < -0.3 is 23.7 Å². The van der Waals surface area contributed by atoms with Crippen molar-refractivity contribution in [2.45, 2.75) is 58.2 Å². The van der Waals surface area contributed by atoms with Crippen LogP contribution in [-0.2, 0) is 18.9 Å². The molecule has 1 aromatic carbocycles. The fraction of sp³-hybridized carbons (Fsp3) is 0.714. The highest BCUT2D eigenvalue weighted by Crippen LogP contribution is 2.29. The lowest BCUT2D eigenvalue weighted by atomic mass is 10.0. The van der Waals surface area contributed by atoms with Crippen LogP contribution in [0.15, 0.2) is 24.3 Å². The van der Waals surface area contributed by atoms with Gasteiger partial charge in [-0.25, -0.2) is 0 Å². The van der Waals surface area contributed by atoms with Gasteiger partial charge in [0, 0.05) is 17.4 Å². The van der Waals surface area contributed by atoms with Crippen LogP contribution >= 0.6 is 0 Å². The van der Waals surface area contributed by atoms with E-state index in [9.17, 15) is 8.78 Å². The summed E-state index contributed by atoms with van der Waals surface area (Å²) in [5.41, 5.74) is 0.789. The average molecular weight is 400 g/mol. The molecule has 2 aliphatic heterocycles. The summed E-state index contributed by atoms with van der Waals surface area (Å²) in [5.74, 6) is 0.940. The van der Waals surface area contributed by atoms with Gasteiger partial charge in [-0.15, -0.1) is 0 Å². The Bertz CT molecular complexity index is 552. The summed E-state index contributed by atoms with van der Waals surface area (Å²) < 4.78 is 52.0. The first-order chi connectivity index (χ1) is 13.6. The molecule has 3 rings (SSSR count). The topological polar surface area (TPSA) is 46.2 Å². The van der Waals surface area contributed by atoms with Crippen molar-refractivity contribution in [2.75, 3.05) is 26.4 Å². The van der Waals surface area contributed by atoms with Gasteiger partial charge >= 0.3 is 6.61 Å². The number of unbranched alkanes of at least 4 members (excludes halogenated alkanes) is 1. The van der Waals surface area contributed by atoms with Crippen molar-refractivity contribution in [1.29, 1.82) is 0 Å². The summed E-state index contributed by atoms with van der Waals surface area (Å²) in [6.07, 6.45) is 4.75. The Morgan fingerprint density at radius 2 is 1.50 bits per heavy atom. The molecule has 2 aliphatic rings. The molecule has 0 unspecified atom stereocenters. The number of hydrogen-bond acceptors (Lipinski definition) is 5. The molecule has 2 heterocycles. The van der Waals surface area contributed by atoms with Gasteiger partial charge in [0.05, 0.1) is 26.4 Å². The summed E-state index contributed by atoms with van der Waals surface area (Å²) >= 11 is 0. The number of alkyl halides is 2. The van der Waals surface area contributed by atoms with Gasteiger partial charge in [0.25, 0.3) is 0 Å². The molecular weight excluding hydrogens is 370 g/mol. The molecular formula is C21H30F2O5. The monoisotopic (exact) mass is 400 g/mol. The average Bonchev–Trinajstić information content (AvgIpc) is 2.72. The van der Waals surface area contributed by atoms with E-state index >= 15 is 0 Å². The van der Waals surface area contributed by atoms with Crippen LogP contribution in [0.1, 0.15) is 50.9 Å². The summed E-state index contributed by atoms with van der Waals surface area (Å²) in [6, 6.07) is 6.35. The molecule has 0 saturated carbocycles. The summed E-state index contributed by atoms with van der Waals surface area (Å²) in [6.45, 7) is 2.12. The standard InChI is InChI=1S/C21H30F2O5/c1-2-3-4-15-11-24-19(25-12-15)10-5-16-13-26-20(27-14-16)17-6-8-18(9-7-17)28-21(22)23/h6-9,15-16,19-21H,2-5,10-14H2,1H3. The molecule has 1 aromatic rings. The Kier molecular flexibility index (Phi) is 8.45. The van der Waals surface area contributed by atoms with Crippen molar-refractivity contribution < 1.29 is 32.5 Å². The highest BCUT2D eigenvalue weighted by Gasteiger charge is 2.26. The Morgan fingerprint density at radius 1 is 0.893 bits per heavy atom. The molecule has 158 valence electrons. The third-order valence-corrected chi connectivity index (χ3v) is 5.16. The van der Waals surface area contributed by atoms with Crippen molar-refractivity contribution in [2.24, 2.45) is 11.8 Å². The highest BCUT2D eigenvalue weighted by atomic mass is 19.3.